The second-order valence-corrected chi connectivity index (χ2v) is 7.78. The summed E-state index contributed by atoms with van der Waals surface area (Å²) < 4.78 is 5.61. The van der Waals surface area contributed by atoms with Crippen molar-refractivity contribution in [3.05, 3.63) is 47.6 Å². The fourth-order valence-electron chi connectivity index (χ4n) is 3.32. The molecular weight excluding hydrogens is 328 g/mol. The summed E-state index contributed by atoms with van der Waals surface area (Å²) in [6, 6.07) is 9.36. The highest BCUT2D eigenvalue weighted by atomic mass is 16.5. The molecule has 1 aromatic heterocycles. The second kappa shape index (κ2) is 7.99. The topological polar surface area (TPSA) is 80.0 Å². The van der Waals surface area contributed by atoms with E-state index < -0.39 is 6.04 Å². The molecule has 1 aromatic carbocycles. The van der Waals surface area contributed by atoms with Crippen LogP contribution in [-0.4, -0.2) is 29.1 Å². The quantitative estimate of drug-likeness (QED) is 0.832. The number of rotatable bonds is 6. The van der Waals surface area contributed by atoms with Crippen molar-refractivity contribution in [3.63, 3.8) is 0 Å². The summed E-state index contributed by atoms with van der Waals surface area (Å²) in [4.78, 5) is 17.1. The predicted molar refractivity (Wildman–Crippen MR) is 99.6 cm³/mol. The Balaban J connectivity index is 1.86. The van der Waals surface area contributed by atoms with Crippen LogP contribution in [0.2, 0.25) is 0 Å². The molecule has 0 spiro atoms. The zero-order valence-electron chi connectivity index (χ0n) is 15.8. The summed E-state index contributed by atoms with van der Waals surface area (Å²) in [5, 5.41) is 10.7. The average Bonchev–Trinajstić information content (AvgIpc) is 3.11. The molecule has 1 atom stereocenters. The molecule has 1 saturated heterocycles. The first-order valence-electron chi connectivity index (χ1n) is 9.37. The molecule has 1 amide bonds. The molecule has 0 aliphatic carbocycles. The molecule has 1 fully saturated rings. The van der Waals surface area contributed by atoms with Gasteiger partial charge in [0.1, 0.15) is 6.04 Å². The van der Waals surface area contributed by atoms with Crippen LogP contribution in [0.5, 0.6) is 0 Å². The van der Waals surface area contributed by atoms with Gasteiger partial charge in [0.25, 0.3) is 5.89 Å². The summed E-state index contributed by atoms with van der Waals surface area (Å²) in [7, 11) is 0. The second-order valence-electron chi connectivity index (χ2n) is 7.78. The van der Waals surface area contributed by atoms with Gasteiger partial charge in [0.2, 0.25) is 5.91 Å². The number of carbonyl (C=O) groups excluding carboxylic acids is 1. The Bertz CT molecular complexity index is 720. The van der Waals surface area contributed by atoms with Crippen molar-refractivity contribution in [1.29, 1.82) is 0 Å². The number of nitrogens with one attached hydrogen (secondary N) is 2. The predicted octanol–water partition coefficient (Wildman–Crippen LogP) is 2.96. The summed E-state index contributed by atoms with van der Waals surface area (Å²) in [6.45, 7) is 8.14. The van der Waals surface area contributed by atoms with Crippen molar-refractivity contribution in [2.24, 2.45) is 5.92 Å². The Morgan fingerprint density at radius 3 is 2.62 bits per heavy atom. The van der Waals surface area contributed by atoms with E-state index in [0.29, 0.717) is 18.2 Å². The lowest BCUT2D eigenvalue weighted by atomic mass is 9.80. The molecule has 6 heteroatoms. The summed E-state index contributed by atoms with van der Waals surface area (Å²) in [5.74, 6) is 1.45. The van der Waals surface area contributed by atoms with E-state index in [1.807, 2.05) is 44.2 Å². The summed E-state index contributed by atoms with van der Waals surface area (Å²) >= 11 is 0. The van der Waals surface area contributed by atoms with Crippen LogP contribution in [0.15, 0.2) is 34.9 Å². The van der Waals surface area contributed by atoms with Gasteiger partial charge in [-0.15, -0.1) is 0 Å². The number of aromatic nitrogens is 2. The first kappa shape index (κ1) is 18.6. The van der Waals surface area contributed by atoms with E-state index >= 15 is 0 Å². The van der Waals surface area contributed by atoms with E-state index in [1.54, 1.807) is 0 Å². The van der Waals surface area contributed by atoms with Gasteiger partial charge >= 0.3 is 0 Å². The Hall–Kier alpha value is -2.21. The lowest BCUT2D eigenvalue weighted by Gasteiger charge is -2.30. The largest absolute Gasteiger partial charge is 0.341 e. The van der Waals surface area contributed by atoms with E-state index in [4.69, 9.17) is 9.51 Å². The maximum atomic E-state index is 12.4. The van der Waals surface area contributed by atoms with E-state index in [9.17, 15) is 4.79 Å². The molecule has 3 rings (SSSR count). The third-order valence-corrected chi connectivity index (χ3v) is 4.97. The molecule has 1 unspecified atom stereocenters. The van der Waals surface area contributed by atoms with Crippen LogP contribution in [0.1, 0.15) is 63.4 Å². The van der Waals surface area contributed by atoms with Gasteiger partial charge in [0.15, 0.2) is 5.82 Å². The summed E-state index contributed by atoms with van der Waals surface area (Å²) in [5.41, 5.74) is 0.853. The van der Waals surface area contributed by atoms with Crippen LogP contribution in [0.4, 0.5) is 0 Å². The monoisotopic (exact) mass is 356 g/mol. The molecule has 1 aliphatic rings. The van der Waals surface area contributed by atoms with Crippen LogP contribution in [0.3, 0.4) is 0 Å². The van der Waals surface area contributed by atoms with Crippen molar-refractivity contribution in [2.75, 3.05) is 13.1 Å². The number of piperidine rings is 1. The minimum Gasteiger partial charge on any atom is -0.341 e. The summed E-state index contributed by atoms with van der Waals surface area (Å²) in [6.07, 6.45) is 2.41. The molecule has 2 heterocycles. The van der Waals surface area contributed by atoms with Gasteiger partial charge in [-0.3, -0.25) is 4.79 Å². The Kier molecular flexibility index (Phi) is 5.71. The normalized spacial score (nSPS) is 17.8. The third kappa shape index (κ3) is 4.30. The maximum absolute atomic E-state index is 12.4. The van der Waals surface area contributed by atoms with Crippen LogP contribution >= 0.6 is 0 Å². The number of hydrogen-bond acceptors (Lipinski definition) is 5. The molecule has 6 nitrogen and oxygen atoms in total. The van der Waals surface area contributed by atoms with E-state index in [-0.39, 0.29) is 11.3 Å². The fraction of sp³-hybridized carbons (Fsp3) is 0.550. The van der Waals surface area contributed by atoms with Crippen LogP contribution in [0.25, 0.3) is 0 Å². The molecule has 2 N–H and O–H groups in total. The lowest BCUT2D eigenvalue weighted by Crippen LogP contribution is -2.38. The van der Waals surface area contributed by atoms with Gasteiger partial charge in [-0.25, -0.2) is 0 Å². The molecule has 26 heavy (non-hydrogen) atoms. The van der Waals surface area contributed by atoms with Crippen molar-refractivity contribution in [3.8, 4) is 0 Å². The first-order chi connectivity index (χ1) is 12.5. The Labute approximate surface area is 154 Å². The molecule has 0 radical (unpaired) electrons. The minimum absolute atomic E-state index is 0.0123. The zero-order valence-corrected chi connectivity index (χ0v) is 15.8. The average molecular weight is 356 g/mol. The molecular formula is C20H28N4O2. The molecule has 2 aromatic rings. The van der Waals surface area contributed by atoms with Gasteiger partial charge in [-0.1, -0.05) is 56.3 Å². The SMILES string of the molecule is CC(C)CC(=O)NC(c1ccccc1)c1nc(C2(C)CCNCC2)no1. The van der Waals surface area contributed by atoms with Crippen molar-refractivity contribution < 1.29 is 9.32 Å². The molecule has 0 bridgehead atoms. The number of hydrogen-bond donors (Lipinski definition) is 2. The zero-order chi connectivity index (χ0) is 18.6. The highest BCUT2D eigenvalue weighted by Crippen LogP contribution is 2.32. The van der Waals surface area contributed by atoms with Gasteiger partial charge in [-0.2, -0.15) is 4.98 Å². The van der Waals surface area contributed by atoms with Crippen LogP contribution < -0.4 is 10.6 Å². The minimum atomic E-state index is -0.422. The Morgan fingerprint density at radius 2 is 1.96 bits per heavy atom. The smallest absolute Gasteiger partial charge is 0.253 e. The lowest BCUT2D eigenvalue weighted by molar-refractivity contribution is -0.122. The molecule has 1 aliphatic heterocycles. The highest BCUT2D eigenvalue weighted by Gasteiger charge is 2.35. The molecule has 140 valence electrons. The van der Waals surface area contributed by atoms with Crippen molar-refractivity contribution in [2.45, 2.75) is 51.5 Å². The van der Waals surface area contributed by atoms with Crippen molar-refractivity contribution in [1.82, 2.24) is 20.8 Å². The van der Waals surface area contributed by atoms with E-state index in [2.05, 4.69) is 22.7 Å². The number of nitrogens with zero attached hydrogens (tertiary/aromatic N) is 2. The maximum Gasteiger partial charge on any atom is 0.253 e. The van der Waals surface area contributed by atoms with Gasteiger partial charge in [-0.05, 0) is 37.4 Å². The first-order valence-corrected chi connectivity index (χ1v) is 9.37. The fourth-order valence-corrected chi connectivity index (χ4v) is 3.32. The van der Waals surface area contributed by atoms with E-state index in [0.717, 1.165) is 37.3 Å². The number of benzene rings is 1. The number of amides is 1. The van der Waals surface area contributed by atoms with Gasteiger partial charge < -0.3 is 15.2 Å². The number of carbonyl (C=O) groups is 1. The third-order valence-electron chi connectivity index (χ3n) is 4.97. The van der Waals surface area contributed by atoms with Crippen LogP contribution in [0, 0.1) is 5.92 Å². The van der Waals surface area contributed by atoms with Gasteiger partial charge in [0.05, 0.1) is 0 Å². The van der Waals surface area contributed by atoms with Gasteiger partial charge in [0, 0.05) is 11.8 Å². The standard InChI is InChI=1S/C20H28N4O2/c1-14(2)13-16(25)22-17(15-7-5-4-6-8-15)18-23-19(24-26-18)20(3)9-11-21-12-10-20/h4-8,14,17,21H,9-13H2,1-3H3,(H,22,25). The van der Waals surface area contributed by atoms with Crippen molar-refractivity contribution >= 4 is 5.91 Å². The Morgan fingerprint density at radius 1 is 1.27 bits per heavy atom. The van der Waals surface area contributed by atoms with E-state index in [1.165, 1.54) is 0 Å². The van der Waals surface area contributed by atoms with Crippen LogP contribution in [-0.2, 0) is 10.2 Å². The molecule has 0 saturated carbocycles. The highest BCUT2D eigenvalue weighted by molar-refractivity contribution is 5.77.